The molecule has 8 nitrogen and oxygen atoms in total. The molecule has 0 saturated carbocycles. The van der Waals surface area contributed by atoms with Gasteiger partial charge in [0.15, 0.2) is 0 Å². The van der Waals surface area contributed by atoms with Crippen molar-refractivity contribution in [3.63, 3.8) is 0 Å². The number of hydrogen-bond donors (Lipinski definition) is 0. The summed E-state index contributed by atoms with van der Waals surface area (Å²) in [6, 6.07) is 14.3. The van der Waals surface area contributed by atoms with E-state index in [1.807, 2.05) is 35.7 Å². The molecule has 35 heavy (non-hydrogen) atoms. The van der Waals surface area contributed by atoms with E-state index in [0.717, 1.165) is 59.9 Å². The Morgan fingerprint density at radius 1 is 1.00 bits per heavy atom. The Morgan fingerprint density at radius 3 is 2.40 bits per heavy atom. The lowest BCUT2D eigenvalue weighted by molar-refractivity contribution is 0.249. The van der Waals surface area contributed by atoms with Gasteiger partial charge in [0.2, 0.25) is 5.95 Å². The molecule has 1 fully saturated rings. The first-order valence-corrected chi connectivity index (χ1v) is 11.7. The summed E-state index contributed by atoms with van der Waals surface area (Å²) in [6.45, 7) is 3.63. The van der Waals surface area contributed by atoms with Crippen LogP contribution in [0.2, 0.25) is 0 Å². The molecule has 1 aromatic carbocycles. The lowest BCUT2D eigenvalue weighted by Crippen LogP contribution is -2.43. The third kappa shape index (κ3) is 4.09. The second-order valence-corrected chi connectivity index (χ2v) is 9.10. The number of nitriles is 2. The second-order valence-electron chi connectivity index (χ2n) is 9.10. The first kappa shape index (κ1) is 22.5. The van der Waals surface area contributed by atoms with E-state index in [0.29, 0.717) is 22.9 Å². The normalized spacial score (nSPS) is 14.3. The zero-order chi connectivity index (χ0) is 24.5. The van der Waals surface area contributed by atoms with Crippen LogP contribution in [0, 0.1) is 29.6 Å². The van der Waals surface area contributed by atoms with Gasteiger partial charge in [0.1, 0.15) is 11.7 Å². The van der Waals surface area contributed by atoms with Crippen LogP contribution in [0.15, 0.2) is 48.9 Å². The third-order valence-electron chi connectivity index (χ3n) is 6.79. The van der Waals surface area contributed by atoms with Crippen molar-refractivity contribution in [2.45, 2.75) is 25.8 Å². The van der Waals surface area contributed by atoms with Crippen molar-refractivity contribution >= 4 is 11.6 Å². The number of aromatic nitrogens is 4. The van der Waals surface area contributed by atoms with Crippen LogP contribution >= 0.6 is 0 Å². The average molecular weight is 463 g/mol. The minimum absolute atomic E-state index is 0.521. The predicted molar refractivity (Wildman–Crippen MR) is 135 cm³/mol. The van der Waals surface area contributed by atoms with Crippen LogP contribution in [0.4, 0.5) is 5.95 Å². The van der Waals surface area contributed by atoms with Gasteiger partial charge in [-0.25, -0.2) is 9.97 Å². The second kappa shape index (κ2) is 9.17. The van der Waals surface area contributed by atoms with E-state index in [1.54, 1.807) is 24.5 Å². The van der Waals surface area contributed by atoms with Gasteiger partial charge in [0, 0.05) is 48.8 Å². The summed E-state index contributed by atoms with van der Waals surface area (Å²) in [5.74, 6) is 0.846. The van der Waals surface area contributed by atoms with E-state index >= 15 is 0 Å². The molecule has 5 rings (SSSR count). The summed E-state index contributed by atoms with van der Waals surface area (Å²) in [6.07, 6.45) is 7.62. The number of piperidine rings is 1. The summed E-state index contributed by atoms with van der Waals surface area (Å²) < 4.78 is 2.03. The summed E-state index contributed by atoms with van der Waals surface area (Å²) in [7, 11) is 4.27. The predicted octanol–water partition coefficient (Wildman–Crippen LogP) is 4.04. The Morgan fingerprint density at radius 2 is 1.74 bits per heavy atom. The van der Waals surface area contributed by atoms with Crippen molar-refractivity contribution in [2.75, 3.05) is 32.1 Å². The molecule has 3 aromatic heterocycles. The lowest BCUT2D eigenvalue weighted by atomic mass is 9.99. The fourth-order valence-corrected chi connectivity index (χ4v) is 4.73. The fraction of sp³-hybridized carbons (Fsp3) is 0.296. The van der Waals surface area contributed by atoms with Gasteiger partial charge in [-0.1, -0.05) is 12.1 Å². The molecule has 8 heteroatoms. The molecule has 1 aliphatic heterocycles. The summed E-state index contributed by atoms with van der Waals surface area (Å²) in [5.41, 5.74) is 5.80. The highest BCUT2D eigenvalue weighted by Crippen LogP contribution is 2.37. The quantitative estimate of drug-likeness (QED) is 0.451. The molecule has 0 atom stereocenters. The summed E-state index contributed by atoms with van der Waals surface area (Å²) in [4.78, 5) is 19.0. The first-order chi connectivity index (χ1) is 17.0. The van der Waals surface area contributed by atoms with Gasteiger partial charge in [0.25, 0.3) is 0 Å². The van der Waals surface area contributed by atoms with E-state index in [9.17, 15) is 10.5 Å². The molecule has 174 valence electrons. The Bertz CT molecular complexity index is 1460. The number of pyridine rings is 1. The van der Waals surface area contributed by atoms with Gasteiger partial charge < -0.3 is 9.80 Å². The maximum absolute atomic E-state index is 9.61. The van der Waals surface area contributed by atoms with E-state index in [4.69, 9.17) is 9.97 Å². The van der Waals surface area contributed by atoms with Crippen LogP contribution in [0.3, 0.4) is 0 Å². The molecule has 0 amide bonds. The van der Waals surface area contributed by atoms with Crippen LogP contribution in [-0.4, -0.2) is 57.5 Å². The number of imidazole rings is 1. The maximum atomic E-state index is 9.61. The molecule has 0 spiro atoms. The molecular weight excluding hydrogens is 436 g/mol. The van der Waals surface area contributed by atoms with Gasteiger partial charge in [-0.05, 0) is 52.1 Å². The number of aryl methyl sites for hydroxylation is 1. The summed E-state index contributed by atoms with van der Waals surface area (Å²) >= 11 is 0. The van der Waals surface area contributed by atoms with Gasteiger partial charge in [-0.3, -0.25) is 9.38 Å². The van der Waals surface area contributed by atoms with Gasteiger partial charge in [0.05, 0.1) is 34.1 Å². The average Bonchev–Trinajstić information content (AvgIpc) is 3.38. The Labute approximate surface area is 204 Å². The summed E-state index contributed by atoms with van der Waals surface area (Å²) in [5, 5.41) is 18.9. The molecule has 4 heterocycles. The van der Waals surface area contributed by atoms with Crippen LogP contribution < -0.4 is 4.90 Å². The van der Waals surface area contributed by atoms with Crippen molar-refractivity contribution in [3.05, 3.63) is 65.7 Å². The first-order valence-electron chi connectivity index (χ1n) is 11.7. The number of fused-ring (bicyclic) bond motifs is 1. The molecule has 0 unspecified atom stereocenters. The molecule has 0 N–H and O–H groups in total. The third-order valence-corrected chi connectivity index (χ3v) is 6.79. The number of anilines is 1. The number of nitrogens with zero attached hydrogens (tertiary/aromatic N) is 8. The number of hydrogen-bond acceptors (Lipinski definition) is 7. The molecule has 4 aromatic rings. The lowest BCUT2D eigenvalue weighted by Gasteiger charge is -2.36. The molecule has 0 bridgehead atoms. The van der Waals surface area contributed by atoms with E-state index in [2.05, 4.69) is 41.0 Å². The Balaban J connectivity index is 1.72. The van der Waals surface area contributed by atoms with Crippen molar-refractivity contribution in [3.8, 4) is 34.5 Å². The molecule has 0 radical (unpaired) electrons. The SMILES string of the molecule is Cc1ncc(-c2c(-c3ccc(C#N)cc3)nc(N3CCC(N(C)C)CC3)n3ccnc23)cc1C#N. The van der Waals surface area contributed by atoms with Crippen molar-refractivity contribution < 1.29 is 0 Å². The minimum atomic E-state index is 0.521. The smallest absolute Gasteiger partial charge is 0.211 e. The molecule has 1 aliphatic rings. The topological polar surface area (TPSA) is 97.1 Å². The molecule has 0 aliphatic carbocycles. The van der Waals surface area contributed by atoms with E-state index in [-0.39, 0.29) is 0 Å². The number of rotatable bonds is 4. The Kier molecular flexibility index (Phi) is 5.90. The zero-order valence-corrected chi connectivity index (χ0v) is 20.1. The van der Waals surface area contributed by atoms with Crippen LogP contribution in [0.25, 0.3) is 28.0 Å². The van der Waals surface area contributed by atoms with E-state index in [1.165, 1.54) is 0 Å². The van der Waals surface area contributed by atoms with Gasteiger partial charge in [-0.15, -0.1) is 0 Å². The Hall–Kier alpha value is -4.27. The van der Waals surface area contributed by atoms with Crippen LogP contribution in [0.1, 0.15) is 29.7 Å². The van der Waals surface area contributed by atoms with Crippen LogP contribution in [-0.2, 0) is 0 Å². The van der Waals surface area contributed by atoms with E-state index < -0.39 is 0 Å². The zero-order valence-electron chi connectivity index (χ0n) is 20.1. The number of benzene rings is 1. The minimum Gasteiger partial charge on any atom is -0.342 e. The van der Waals surface area contributed by atoms with Crippen molar-refractivity contribution in [1.82, 2.24) is 24.3 Å². The molecular formula is C27H26N8. The highest BCUT2D eigenvalue weighted by molar-refractivity contribution is 5.91. The van der Waals surface area contributed by atoms with Crippen molar-refractivity contribution in [1.29, 1.82) is 10.5 Å². The highest BCUT2D eigenvalue weighted by atomic mass is 15.3. The van der Waals surface area contributed by atoms with Gasteiger partial charge >= 0.3 is 0 Å². The monoisotopic (exact) mass is 462 g/mol. The maximum Gasteiger partial charge on any atom is 0.211 e. The highest BCUT2D eigenvalue weighted by Gasteiger charge is 2.26. The fourth-order valence-electron chi connectivity index (χ4n) is 4.73. The standard InChI is InChI=1S/C27H26N8/c1-18-21(16-29)14-22(17-31-18)24-25(20-6-4-19(15-28)5-7-20)32-27(35-13-10-30-26(24)35)34-11-8-23(9-12-34)33(2)3/h4-7,10,13-14,17,23H,8-9,11-12H2,1-3H3. The van der Waals surface area contributed by atoms with Gasteiger partial charge in [-0.2, -0.15) is 10.5 Å². The van der Waals surface area contributed by atoms with Crippen LogP contribution in [0.5, 0.6) is 0 Å². The largest absolute Gasteiger partial charge is 0.342 e. The van der Waals surface area contributed by atoms with Crippen molar-refractivity contribution in [2.24, 2.45) is 0 Å². The molecule has 1 saturated heterocycles.